The second-order valence-corrected chi connectivity index (χ2v) is 5.41. The van der Waals surface area contributed by atoms with E-state index in [-0.39, 0.29) is 5.54 Å². The van der Waals surface area contributed by atoms with Crippen molar-refractivity contribution in [3.63, 3.8) is 0 Å². The standard InChI is InChI=1S/C13H26N2O2/c1-3-12-9-15(5-7-17-12)13(10-14)4-6-16-11(2)8-13/h11-12H,3-10,14H2,1-2H3. The molecule has 2 N–H and O–H groups in total. The molecule has 2 aliphatic rings. The molecule has 0 aromatic carbocycles. The van der Waals surface area contributed by atoms with Crippen LogP contribution < -0.4 is 5.73 Å². The molecule has 0 spiro atoms. The molecule has 0 amide bonds. The Labute approximate surface area is 104 Å². The first-order valence-electron chi connectivity index (χ1n) is 6.88. The molecule has 3 atom stereocenters. The van der Waals surface area contributed by atoms with Crippen molar-refractivity contribution in [2.75, 3.05) is 32.8 Å². The molecule has 2 fully saturated rings. The van der Waals surface area contributed by atoms with E-state index in [0.29, 0.717) is 12.2 Å². The summed E-state index contributed by atoms with van der Waals surface area (Å²) in [5.41, 5.74) is 6.23. The summed E-state index contributed by atoms with van der Waals surface area (Å²) in [6.07, 6.45) is 3.91. The lowest BCUT2D eigenvalue weighted by molar-refractivity contribution is -0.113. The number of hydrogen-bond donors (Lipinski definition) is 1. The van der Waals surface area contributed by atoms with Crippen LogP contribution >= 0.6 is 0 Å². The van der Waals surface area contributed by atoms with Gasteiger partial charge >= 0.3 is 0 Å². The fraction of sp³-hybridized carbons (Fsp3) is 1.00. The van der Waals surface area contributed by atoms with E-state index in [1.54, 1.807) is 0 Å². The molecule has 4 nitrogen and oxygen atoms in total. The first kappa shape index (κ1) is 13.3. The van der Waals surface area contributed by atoms with E-state index in [1.165, 1.54) is 0 Å². The van der Waals surface area contributed by atoms with Gasteiger partial charge in [-0.3, -0.25) is 4.90 Å². The lowest BCUT2D eigenvalue weighted by atomic mass is 9.84. The zero-order valence-electron chi connectivity index (χ0n) is 11.2. The van der Waals surface area contributed by atoms with Gasteiger partial charge in [-0.2, -0.15) is 0 Å². The number of morpholine rings is 1. The van der Waals surface area contributed by atoms with Gasteiger partial charge in [-0.25, -0.2) is 0 Å². The van der Waals surface area contributed by atoms with Gasteiger partial charge in [0, 0.05) is 31.8 Å². The molecule has 2 aliphatic heterocycles. The van der Waals surface area contributed by atoms with Crippen LogP contribution in [0.1, 0.15) is 33.1 Å². The molecule has 3 unspecified atom stereocenters. The van der Waals surface area contributed by atoms with Crippen molar-refractivity contribution in [3.8, 4) is 0 Å². The lowest BCUT2D eigenvalue weighted by Gasteiger charge is -2.50. The van der Waals surface area contributed by atoms with Crippen molar-refractivity contribution in [1.29, 1.82) is 0 Å². The van der Waals surface area contributed by atoms with E-state index in [9.17, 15) is 0 Å². The first-order valence-corrected chi connectivity index (χ1v) is 6.88. The topological polar surface area (TPSA) is 47.7 Å². The van der Waals surface area contributed by atoms with Crippen LogP contribution in [-0.2, 0) is 9.47 Å². The summed E-state index contributed by atoms with van der Waals surface area (Å²) in [4.78, 5) is 2.56. The minimum Gasteiger partial charge on any atom is -0.378 e. The minimum atomic E-state index is 0.148. The smallest absolute Gasteiger partial charge is 0.0700 e. The fourth-order valence-electron chi connectivity index (χ4n) is 3.15. The third-order valence-electron chi connectivity index (χ3n) is 4.28. The highest BCUT2D eigenvalue weighted by Crippen LogP contribution is 2.31. The van der Waals surface area contributed by atoms with Crippen molar-refractivity contribution in [3.05, 3.63) is 0 Å². The molecule has 2 saturated heterocycles. The van der Waals surface area contributed by atoms with Gasteiger partial charge in [0.15, 0.2) is 0 Å². The molecule has 2 heterocycles. The summed E-state index contributed by atoms with van der Waals surface area (Å²) in [6.45, 7) is 8.80. The maximum absolute atomic E-state index is 6.08. The van der Waals surface area contributed by atoms with E-state index in [0.717, 1.165) is 52.1 Å². The summed E-state index contributed by atoms with van der Waals surface area (Å²) in [7, 11) is 0. The quantitative estimate of drug-likeness (QED) is 0.802. The Morgan fingerprint density at radius 2 is 2.18 bits per heavy atom. The fourth-order valence-corrected chi connectivity index (χ4v) is 3.15. The van der Waals surface area contributed by atoms with Gasteiger partial charge in [0.1, 0.15) is 0 Å². The zero-order chi connectivity index (χ0) is 12.3. The number of hydrogen-bond acceptors (Lipinski definition) is 4. The molecule has 0 aromatic heterocycles. The van der Waals surface area contributed by atoms with E-state index in [1.807, 2.05) is 0 Å². The van der Waals surface area contributed by atoms with Gasteiger partial charge in [0.2, 0.25) is 0 Å². The molecule has 0 saturated carbocycles. The van der Waals surface area contributed by atoms with Crippen molar-refractivity contribution < 1.29 is 9.47 Å². The number of ether oxygens (including phenoxy) is 2. The Morgan fingerprint density at radius 1 is 1.35 bits per heavy atom. The van der Waals surface area contributed by atoms with Crippen LogP contribution in [0.4, 0.5) is 0 Å². The Balaban J connectivity index is 2.05. The highest BCUT2D eigenvalue weighted by Gasteiger charge is 2.41. The van der Waals surface area contributed by atoms with Crippen LogP contribution in [0.3, 0.4) is 0 Å². The van der Waals surface area contributed by atoms with Crippen molar-refractivity contribution >= 4 is 0 Å². The SMILES string of the molecule is CCC1CN(C2(CN)CCOC(C)C2)CCO1. The second kappa shape index (κ2) is 5.65. The van der Waals surface area contributed by atoms with Gasteiger partial charge < -0.3 is 15.2 Å². The van der Waals surface area contributed by atoms with Crippen molar-refractivity contribution in [2.24, 2.45) is 5.73 Å². The molecule has 100 valence electrons. The number of nitrogens with two attached hydrogens (primary N) is 1. The predicted octanol–water partition coefficient (Wildman–Crippen LogP) is 0.994. The maximum Gasteiger partial charge on any atom is 0.0700 e. The summed E-state index contributed by atoms with van der Waals surface area (Å²) in [6, 6.07) is 0. The van der Waals surface area contributed by atoms with E-state index < -0.39 is 0 Å². The second-order valence-electron chi connectivity index (χ2n) is 5.41. The number of rotatable bonds is 3. The van der Waals surface area contributed by atoms with Crippen LogP contribution in [0.5, 0.6) is 0 Å². The lowest BCUT2D eigenvalue weighted by Crippen LogP contribution is -2.62. The molecule has 0 radical (unpaired) electrons. The molecule has 0 aromatic rings. The van der Waals surface area contributed by atoms with Crippen LogP contribution in [0, 0.1) is 0 Å². The van der Waals surface area contributed by atoms with Gasteiger partial charge in [-0.15, -0.1) is 0 Å². The predicted molar refractivity (Wildman–Crippen MR) is 68.0 cm³/mol. The molecule has 0 bridgehead atoms. The average molecular weight is 242 g/mol. The maximum atomic E-state index is 6.08. The summed E-state index contributed by atoms with van der Waals surface area (Å²) in [5.74, 6) is 0. The summed E-state index contributed by atoms with van der Waals surface area (Å²) < 4.78 is 11.4. The first-order chi connectivity index (χ1) is 8.20. The van der Waals surface area contributed by atoms with Crippen molar-refractivity contribution in [1.82, 2.24) is 4.90 Å². The summed E-state index contributed by atoms with van der Waals surface area (Å²) in [5, 5.41) is 0. The Morgan fingerprint density at radius 3 is 2.82 bits per heavy atom. The molecular formula is C13H26N2O2. The zero-order valence-corrected chi connectivity index (χ0v) is 11.2. The molecular weight excluding hydrogens is 216 g/mol. The van der Waals surface area contributed by atoms with E-state index >= 15 is 0 Å². The minimum absolute atomic E-state index is 0.148. The van der Waals surface area contributed by atoms with E-state index in [2.05, 4.69) is 18.7 Å². The molecule has 2 rings (SSSR count). The molecule has 0 aliphatic carbocycles. The van der Waals surface area contributed by atoms with E-state index in [4.69, 9.17) is 15.2 Å². The van der Waals surface area contributed by atoms with Gasteiger partial charge in [0.05, 0.1) is 18.8 Å². The third-order valence-corrected chi connectivity index (χ3v) is 4.28. The van der Waals surface area contributed by atoms with Crippen molar-refractivity contribution in [2.45, 2.75) is 50.9 Å². The molecule has 17 heavy (non-hydrogen) atoms. The van der Waals surface area contributed by atoms with Crippen LogP contribution in [0.2, 0.25) is 0 Å². The third kappa shape index (κ3) is 2.81. The highest BCUT2D eigenvalue weighted by molar-refractivity contribution is 4.97. The Bertz CT molecular complexity index is 250. The highest BCUT2D eigenvalue weighted by atomic mass is 16.5. The van der Waals surface area contributed by atoms with Gasteiger partial charge in [0.25, 0.3) is 0 Å². The van der Waals surface area contributed by atoms with Crippen LogP contribution in [-0.4, -0.2) is 55.5 Å². The van der Waals surface area contributed by atoms with Crippen LogP contribution in [0.15, 0.2) is 0 Å². The monoisotopic (exact) mass is 242 g/mol. The molecule has 4 heteroatoms. The largest absolute Gasteiger partial charge is 0.378 e. The van der Waals surface area contributed by atoms with Gasteiger partial charge in [-0.05, 0) is 26.2 Å². The Kier molecular flexibility index (Phi) is 4.42. The normalized spacial score (nSPS) is 40.4. The Hall–Kier alpha value is -0.160. The van der Waals surface area contributed by atoms with Crippen LogP contribution in [0.25, 0.3) is 0 Å². The summed E-state index contributed by atoms with van der Waals surface area (Å²) >= 11 is 0. The average Bonchev–Trinajstić information content (AvgIpc) is 2.38. The van der Waals surface area contributed by atoms with Gasteiger partial charge in [-0.1, -0.05) is 6.92 Å². The number of nitrogens with zero attached hydrogens (tertiary/aromatic N) is 1.